The van der Waals surface area contributed by atoms with E-state index in [0.717, 1.165) is 19.3 Å². The summed E-state index contributed by atoms with van der Waals surface area (Å²) in [4.78, 5) is 17.0. The molecule has 0 fully saturated rings. The molecule has 0 atom stereocenters. The molecule has 0 aromatic heterocycles. The molecule has 0 unspecified atom stereocenters. The van der Waals surface area contributed by atoms with Crippen LogP contribution < -0.4 is 0 Å². The topological polar surface area (TPSA) is 69.9 Å². The zero-order valence-corrected chi connectivity index (χ0v) is 17.8. The van der Waals surface area contributed by atoms with Crippen molar-refractivity contribution in [1.82, 2.24) is 0 Å². The number of hydrogen-bond donors (Lipinski definition) is 3. The first-order valence-corrected chi connectivity index (χ1v) is 11.8. The maximum absolute atomic E-state index is 8.49. The molecule has 0 heterocycles. The molecule has 0 aromatic carbocycles. The predicted octanol–water partition coefficient (Wildman–Crippen LogP) is 6.47. The first-order chi connectivity index (χ1) is 12.2. The molecule has 4 nitrogen and oxygen atoms in total. The highest BCUT2D eigenvalue weighted by atomic mass is 31.2. The highest BCUT2D eigenvalue weighted by Gasteiger charge is 1.97. The van der Waals surface area contributed by atoms with Gasteiger partial charge in [0.1, 0.15) is 0 Å². The fraction of sp³-hybridized carbons (Fsp3) is 1.00. The van der Waals surface area contributed by atoms with Crippen molar-refractivity contribution < 1.29 is 19.4 Å². The highest BCUT2D eigenvalue weighted by Crippen LogP contribution is 2.24. The van der Waals surface area contributed by atoms with Crippen LogP contribution in [0.25, 0.3) is 0 Å². The molecule has 0 aliphatic carbocycles. The lowest BCUT2D eigenvalue weighted by Gasteiger charge is -2.04. The van der Waals surface area contributed by atoms with E-state index >= 15 is 0 Å². The second-order valence-corrected chi connectivity index (χ2v) is 7.52. The molecule has 25 heavy (non-hydrogen) atoms. The van der Waals surface area contributed by atoms with Crippen LogP contribution >= 0.6 is 8.60 Å². The molecule has 0 saturated carbocycles. The molecule has 5 heteroatoms. The van der Waals surface area contributed by atoms with Gasteiger partial charge in [-0.25, -0.2) is 0 Å². The average Bonchev–Trinajstić information content (AvgIpc) is 2.60. The van der Waals surface area contributed by atoms with Gasteiger partial charge in [0.2, 0.25) is 0 Å². The van der Waals surface area contributed by atoms with Crippen molar-refractivity contribution in [3.05, 3.63) is 0 Å². The SMILES string of the molecule is CCCCCCCCCCCCOP(O)O.CCCCCCCCO. The van der Waals surface area contributed by atoms with Crippen molar-refractivity contribution in [3.63, 3.8) is 0 Å². The summed E-state index contributed by atoms with van der Waals surface area (Å²) in [6.07, 6.45) is 20.3. The summed E-state index contributed by atoms with van der Waals surface area (Å²) in [6.45, 7) is 5.31. The summed E-state index contributed by atoms with van der Waals surface area (Å²) < 4.78 is 4.69. The van der Waals surface area contributed by atoms with Crippen molar-refractivity contribution in [2.75, 3.05) is 13.2 Å². The first-order valence-electron chi connectivity index (χ1n) is 10.6. The van der Waals surface area contributed by atoms with E-state index in [-0.39, 0.29) is 0 Å². The molecule has 0 amide bonds. The van der Waals surface area contributed by atoms with Crippen LogP contribution in [0.4, 0.5) is 0 Å². The number of aliphatic hydroxyl groups excluding tert-OH is 1. The summed E-state index contributed by atoms with van der Waals surface area (Å²) in [6, 6.07) is 0. The van der Waals surface area contributed by atoms with E-state index in [2.05, 4.69) is 18.4 Å². The zero-order valence-electron chi connectivity index (χ0n) is 16.9. The second-order valence-electron chi connectivity index (χ2n) is 6.76. The third-order valence-corrected chi connectivity index (χ3v) is 4.63. The lowest BCUT2D eigenvalue weighted by atomic mass is 10.1. The summed E-state index contributed by atoms with van der Waals surface area (Å²) >= 11 is 0. The standard InChI is InChI=1S/C12H27O3P.C8H18O/c1-2-3-4-5-6-7-8-9-10-11-12-15-16(13)14;1-2-3-4-5-6-7-8-9/h13-14H,2-12H2,1H3;9H,2-8H2,1H3. The number of aliphatic hydroxyl groups is 1. The van der Waals surface area contributed by atoms with Crippen LogP contribution in [0.1, 0.15) is 117 Å². The lowest BCUT2D eigenvalue weighted by Crippen LogP contribution is -1.89. The molecule has 154 valence electrons. The third kappa shape index (κ3) is 32.4. The van der Waals surface area contributed by atoms with E-state index in [0.29, 0.717) is 13.2 Å². The van der Waals surface area contributed by atoms with E-state index < -0.39 is 8.60 Å². The maximum atomic E-state index is 8.49. The monoisotopic (exact) mass is 380 g/mol. The van der Waals surface area contributed by atoms with Gasteiger partial charge in [-0.05, 0) is 12.8 Å². The molecule has 0 spiro atoms. The molecule has 0 saturated heterocycles. The Hall–Kier alpha value is 0.270. The Labute approximate surface area is 158 Å². The van der Waals surface area contributed by atoms with Gasteiger partial charge in [0.25, 0.3) is 0 Å². The molecule has 0 aromatic rings. The molecule has 0 radical (unpaired) electrons. The van der Waals surface area contributed by atoms with Crippen molar-refractivity contribution in [2.45, 2.75) is 117 Å². The molecule has 0 bridgehead atoms. The van der Waals surface area contributed by atoms with Crippen LogP contribution in [0.2, 0.25) is 0 Å². The summed E-state index contributed by atoms with van der Waals surface area (Å²) in [5.74, 6) is 0. The average molecular weight is 381 g/mol. The molecule has 0 aliphatic heterocycles. The van der Waals surface area contributed by atoms with E-state index in [4.69, 9.17) is 14.9 Å². The maximum Gasteiger partial charge on any atom is 0.327 e. The minimum absolute atomic E-state index is 0.367. The number of unbranched alkanes of at least 4 members (excludes halogenated alkanes) is 14. The Bertz CT molecular complexity index is 210. The quantitative estimate of drug-likeness (QED) is 0.188. The molecular weight excluding hydrogens is 335 g/mol. The van der Waals surface area contributed by atoms with Gasteiger partial charge in [-0.1, -0.05) is 104 Å². The van der Waals surface area contributed by atoms with Crippen molar-refractivity contribution in [2.24, 2.45) is 0 Å². The fourth-order valence-corrected chi connectivity index (χ4v) is 2.92. The van der Waals surface area contributed by atoms with Gasteiger partial charge in [-0.15, -0.1) is 0 Å². The predicted molar refractivity (Wildman–Crippen MR) is 110 cm³/mol. The highest BCUT2D eigenvalue weighted by molar-refractivity contribution is 7.39. The van der Waals surface area contributed by atoms with Gasteiger partial charge in [0.05, 0.1) is 6.61 Å². The Balaban J connectivity index is 0. The molecule has 0 aliphatic rings. The molecular formula is C20H45O4P. The number of rotatable bonds is 18. The van der Waals surface area contributed by atoms with Gasteiger partial charge in [-0.3, -0.25) is 0 Å². The Morgan fingerprint density at radius 2 is 0.920 bits per heavy atom. The normalized spacial score (nSPS) is 10.8. The van der Waals surface area contributed by atoms with Crippen molar-refractivity contribution in [3.8, 4) is 0 Å². The second kappa shape index (κ2) is 26.5. The number of hydrogen-bond acceptors (Lipinski definition) is 4. The minimum atomic E-state index is -2.14. The van der Waals surface area contributed by atoms with Crippen LogP contribution in [0.5, 0.6) is 0 Å². The van der Waals surface area contributed by atoms with E-state index in [9.17, 15) is 0 Å². The smallest absolute Gasteiger partial charge is 0.327 e. The Kier molecular flexibility index (Phi) is 29.1. The van der Waals surface area contributed by atoms with Crippen LogP contribution in [-0.2, 0) is 4.52 Å². The minimum Gasteiger partial charge on any atom is -0.396 e. The van der Waals surface area contributed by atoms with Crippen LogP contribution in [0.3, 0.4) is 0 Å². The molecule has 3 N–H and O–H groups in total. The van der Waals surface area contributed by atoms with Gasteiger partial charge < -0.3 is 19.4 Å². The van der Waals surface area contributed by atoms with Gasteiger partial charge in [-0.2, -0.15) is 0 Å². The van der Waals surface area contributed by atoms with E-state index in [1.807, 2.05) is 0 Å². The Morgan fingerprint density at radius 1 is 0.560 bits per heavy atom. The molecule has 0 rings (SSSR count). The van der Waals surface area contributed by atoms with Gasteiger partial charge in [0, 0.05) is 6.61 Å². The summed E-state index contributed by atoms with van der Waals surface area (Å²) in [5.41, 5.74) is 0. The van der Waals surface area contributed by atoms with Gasteiger partial charge >= 0.3 is 8.60 Å². The first kappa shape index (κ1) is 27.5. The largest absolute Gasteiger partial charge is 0.396 e. The zero-order chi connectivity index (χ0) is 19.0. The fourth-order valence-electron chi connectivity index (χ4n) is 2.63. The van der Waals surface area contributed by atoms with E-state index in [1.165, 1.54) is 83.5 Å². The van der Waals surface area contributed by atoms with E-state index in [1.54, 1.807) is 0 Å². The van der Waals surface area contributed by atoms with Crippen LogP contribution in [-0.4, -0.2) is 28.1 Å². The van der Waals surface area contributed by atoms with Crippen LogP contribution in [0, 0.1) is 0 Å². The Morgan fingerprint density at radius 3 is 1.28 bits per heavy atom. The third-order valence-electron chi connectivity index (χ3n) is 4.22. The van der Waals surface area contributed by atoms with Gasteiger partial charge in [0.15, 0.2) is 0 Å². The lowest BCUT2D eigenvalue weighted by molar-refractivity contribution is 0.248. The summed E-state index contributed by atoms with van der Waals surface area (Å²) in [5, 5.41) is 8.42. The van der Waals surface area contributed by atoms with Crippen molar-refractivity contribution >= 4 is 8.60 Å². The van der Waals surface area contributed by atoms with Crippen LogP contribution in [0.15, 0.2) is 0 Å². The van der Waals surface area contributed by atoms with Crippen molar-refractivity contribution in [1.29, 1.82) is 0 Å². The summed E-state index contributed by atoms with van der Waals surface area (Å²) in [7, 11) is -2.14.